The number of hydrogen-bond acceptors (Lipinski definition) is 5. The van der Waals surface area contributed by atoms with Crippen molar-refractivity contribution in [3.05, 3.63) is 223 Å². The van der Waals surface area contributed by atoms with Crippen molar-refractivity contribution in [2.24, 2.45) is 0 Å². The fourth-order valence-electron chi connectivity index (χ4n) is 12.6. The van der Waals surface area contributed by atoms with Gasteiger partial charge in [-0.25, -0.2) is 4.85 Å². The van der Waals surface area contributed by atoms with Crippen LogP contribution in [-0.4, -0.2) is 9.13 Å². The highest BCUT2D eigenvalue weighted by Gasteiger charge is 2.34. The predicted octanol–water partition coefficient (Wildman–Crippen LogP) is 20.2. The Morgan fingerprint density at radius 3 is 1.51 bits per heavy atom. The Morgan fingerprint density at radius 2 is 0.908 bits per heavy atom. The van der Waals surface area contributed by atoms with Gasteiger partial charge in [-0.1, -0.05) is 164 Å². The topological polar surface area (TPSA) is 64.3 Å². The van der Waals surface area contributed by atoms with Gasteiger partial charge in [0.15, 0.2) is 5.58 Å². The lowest BCUT2D eigenvalue weighted by molar-refractivity contribution is 0.668. The summed E-state index contributed by atoms with van der Waals surface area (Å²) in [6, 6.07) is 74.7. The summed E-state index contributed by atoms with van der Waals surface area (Å²) in [4.78, 5) is 4.69. The molecular weight excluding hydrogens is 969 g/mol. The summed E-state index contributed by atoms with van der Waals surface area (Å²) in [5, 5.41) is 25.0. The van der Waals surface area contributed by atoms with Crippen LogP contribution in [0.2, 0.25) is 0 Å². The molecule has 0 bridgehead atoms. The number of aromatic nitrogens is 2. The summed E-state index contributed by atoms with van der Waals surface area (Å²) >= 11 is 3.57. The summed E-state index contributed by atoms with van der Waals surface area (Å²) in [5.41, 5.74) is 11.7. The first-order valence-corrected chi connectivity index (χ1v) is 26.8. The van der Waals surface area contributed by atoms with Gasteiger partial charge in [0.1, 0.15) is 22.8 Å². The number of benzene rings is 11. The molecule has 0 spiro atoms. The van der Waals surface area contributed by atoms with E-state index in [1.165, 1.54) is 20.2 Å². The Labute approximate surface area is 439 Å². The molecule has 6 nitrogen and oxygen atoms in total. The van der Waals surface area contributed by atoms with Crippen molar-refractivity contribution in [3.8, 4) is 39.7 Å². The summed E-state index contributed by atoms with van der Waals surface area (Å²) in [5.74, 6) is 0. The molecule has 8 heteroatoms. The normalized spacial score (nSPS) is 12.2. The van der Waals surface area contributed by atoms with Crippen LogP contribution in [0.5, 0.6) is 0 Å². The second kappa shape index (κ2) is 15.3. The minimum absolute atomic E-state index is 0.371. The molecule has 0 aliphatic heterocycles. The van der Waals surface area contributed by atoms with Gasteiger partial charge in [-0.2, -0.15) is 5.26 Å². The minimum atomic E-state index is 0.371. The van der Waals surface area contributed by atoms with Crippen molar-refractivity contribution in [1.82, 2.24) is 9.13 Å². The smallest absolute Gasteiger partial charge is 0.220 e. The standard InChI is InChI=1S/C68H34N4O2S2/c1-70-60-58(37-16-4-2-5-17-37)51(36-69)61(71-52-35-55-50(40-21-9-12-24-53(40)73-55)34-49(52)45-28-31-46-39-20-8-13-25-54(39)74-66(46)62(45)71)59(38-18-6-3-7-19-38)65(60)72-63-43(29-32-47-41-22-10-14-26-56(41)75-67(47)63)44-30-33-48-42-23-11-15-27-57(42)76-68(48)64(44)72/h2-35H. The van der Waals surface area contributed by atoms with E-state index in [0.717, 1.165) is 119 Å². The largest absolute Gasteiger partial charge is 0.456 e. The van der Waals surface area contributed by atoms with Gasteiger partial charge in [0.05, 0.1) is 55.0 Å². The Morgan fingerprint density at radius 1 is 0.408 bits per heavy atom. The third-order valence-corrected chi connectivity index (χ3v) is 18.2. The van der Waals surface area contributed by atoms with E-state index in [2.05, 4.69) is 149 Å². The summed E-state index contributed by atoms with van der Waals surface area (Å²) in [6.45, 7) is 9.62. The van der Waals surface area contributed by atoms with Gasteiger partial charge in [0.25, 0.3) is 0 Å². The van der Waals surface area contributed by atoms with Crippen LogP contribution in [0.15, 0.2) is 215 Å². The average Bonchev–Trinajstić information content (AvgIpc) is 4.43. The highest BCUT2D eigenvalue weighted by Crippen LogP contribution is 2.56. The van der Waals surface area contributed by atoms with Crippen LogP contribution < -0.4 is 0 Å². The lowest BCUT2D eigenvalue weighted by Gasteiger charge is -2.26. The molecule has 0 N–H and O–H groups in total. The van der Waals surface area contributed by atoms with E-state index in [0.29, 0.717) is 33.8 Å². The first kappa shape index (κ1) is 41.5. The number of furan rings is 2. The van der Waals surface area contributed by atoms with Gasteiger partial charge in [0.2, 0.25) is 5.69 Å². The number of rotatable bonds is 4. The Bertz CT molecular complexity index is 5370. The SMILES string of the molecule is [C-]#[N+]c1c(-c2ccccc2)c(C#N)c(-n2c3cc4oc5ccccc5c4cc3c3ccc4c5ccccc5oc4c32)c(-c2ccccc2)c1-n1c2c(ccc3c4ccccc4sc32)c2ccc3c4ccccc4sc3c21. The molecule has 0 amide bonds. The van der Waals surface area contributed by atoms with E-state index < -0.39 is 0 Å². The molecule has 0 aliphatic rings. The maximum atomic E-state index is 12.3. The van der Waals surface area contributed by atoms with Crippen LogP contribution in [0.25, 0.3) is 166 Å². The Hall–Kier alpha value is -9.96. The maximum Gasteiger partial charge on any atom is 0.220 e. The highest BCUT2D eigenvalue weighted by atomic mass is 32.1. The van der Waals surface area contributed by atoms with E-state index in [1.54, 1.807) is 22.7 Å². The van der Waals surface area contributed by atoms with Crippen molar-refractivity contribution in [2.45, 2.75) is 0 Å². The van der Waals surface area contributed by atoms with Crippen molar-refractivity contribution in [2.75, 3.05) is 0 Å². The third-order valence-electron chi connectivity index (χ3n) is 15.8. The van der Waals surface area contributed by atoms with Crippen LogP contribution in [0, 0.1) is 17.9 Å². The number of thiophene rings is 2. The molecule has 17 aromatic rings. The highest BCUT2D eigenvalue weighted by molar-refractivity contribution is 7.27. The molecule has 0 saturated carbocycles. The van der Waals surface area contributed by atoms with E-state index in [9.17, 15) is 11.8 Å². The quantitative estimate of drug-likeness (QED) is 0.165. The van der Waals surface area contributed by atoms with E-state index in [1.807, 2.05) is 72.8 Å². The molecule has 76 heavy (non-hydrogen) atoms. The van der Waals surface area contributed by atoms with E-state index in [-0.39, 0.29) is 0 Å². The van der Waals surface area contributed by atoms with Gasteiger partial charge in [-0.3, -0.25) is 0 Å². The molecule has 350 valence electrons. The number of hydrogen-bond donors (Lipinski definition) is 0. The lowest BCUT2D eigenvalue weighted by Crippen LogP contribution is -2.09. The van der Waals surface area contributed by atoms with Gasteiger partial charge in [-0.05, 0) is 47.5 Å². The third kappa shape index (κ3) is 5.40. The average molecular weight is 1000 g/mol. The number of nitrogens with zero attached hydrogens (tertiary/aromatic N) is 4. The van der Waals surface area contributed by atoms with Crippen molar-refractivity contribution in [1.29, 1.82) is 5.26 Å². The van der Waals surface area contributed by atoms with Crippen LogP contribution in [0.4, 0.5) is 5.69 Å². The summed E-state index contributed by atoms with van der Waals surface area (Å²) in [6.07, 6.45) is 0. The number of para-hydroxylation sites is 2. The molecule has 0 radical (unpaired) electrons. The van der Waals surface area contributed by atoms with Crippen molar-refractivity contribution in [3.63, 3.8) is 0 Å². The van der Waals surface area contributed by atoms with Crippen molar-refractivity contribution >= 4 is 156 Å². The van der Waals surface area contributed by atoms with Crippen LogP contribution in [0.1, 0.15) is 5.56 Å². The van der Waals surface area contributed by atoms with Gasteiger partial charge < -0.3 is 18.0 Å². The lowest BCUT2D eigenvalue weighted by atomic mass is 9.88. The van der Waals surface area contributed by atoms with Crippen LogP contribution in [-0.2, 0) is 0 Å². The zero-order valence-corrected chi connectivity index (χ0v) is 41.7. The fraction of sp³-hybridized carbons (Fsp3) is 0. The van der Waals surface area contributed by atoms with E-state index >= 15 is 0 Å². The molecule has 6 aromatic heterocycles. The first-order chi connectivity index (χ1) is 37.6. The zero-order chi connectivity index (χ0) is 49.9. The maximum absolute atomic E-state index is 12.3. The molecule has 0 atom stereocenters. The van der Waals surface area contributed by atoms with Crippen LogP contribution >= 0.6 is 22.7 Å². The van der Waals surface area contributed by atoms with Gasteiger partial charge in [-0.15, -0.1) is 22.7 Å². The molecule has 0 aliphatic carbocycles. The van der Waals surface area contributed by atoms with Crippen LogP contribution in [0.3, 0.4) is 0 Å². The predicted molar refractivity (Wildman–Crippen MR) is 317 cm³/mol. The second-order valence-electron chi connectivity index (χ2n) is 19.6. The van der Waals surface area contributed by atoms with Gasteiger partial charge in [0, 0.05) is 91.2 Å². The number of fused-ring (bicyclic) bond motifs is 21. The summed E-state index contributed by atoms with van der Waals surface area (Å²) < 4.78 is 23.1. The molecule has 0 saturated heterocycles. The number of nitriles is 1. The van der Waals surface area contributed by atoms with Gasteiger partial charge >= 0.3 is 0 Å². The minimum Gasteiger partial charge on any atom is -0.456 e. The molecule has 11 aromatic carbocycles. The molecule has 0 fully saturated rings. The molecule has 0 unspecified atom stereocenters. The zero-order valence-electron chi connectivity index (χ0n) is 40.1. The first-order valence-electron chi connectivity index (χ1n) is 25.2. The Balaban J connectivity index is 1.18. The monoisotopic (exact) mass is 1000 g/mol. The molecular formula is C68H34N4O2S2. The second-order valence-corrected chi connectivity index (χ2v) is 21.7. The fourth-order valence-corrected chi connectivity index (χ4v) is 15.1. The van der Waals surface area contributed by atoms with Crippen molar-refractivity contribution < 1.29 is 8.83 Å². The Kier molecular flexibility index (Phi) is 8.36. The van der Waals surface area contributed by atoms with E-state index in [4.69, 9.17) is 13.7 Å². The molecule has 6 heterocycles. The summed E-state index contributed by atoms with van der Waals surface area (Å²) in [7, 11) is 0. The molecule has 17 rings (SSSR count).